The number of benzene rings is 1. The Kier molecular flexibility index (Phi) is 7.94. The van der Waals surface area contributed by atoms with Crippen LogP contribution in [-0.4, -0.2) is 4.59 Å². The summed E-state index contributed by atoms with van der Waals surface area (Å²) in [6.07, 6.45) is 18.6. The summed E-state index contributed by atoms with van der Waals surface area (Å²) >= 11 is 3.63. The third-order valence-corrected chi connectivity index (χ3v) is 8.23. The van der Waals surface area contributed by atoms with E-state index in [9.17, 15) is 8.78 Å². The van der Waals surface area contributed by atoms with Crippen LogP contribution < -0.4 is 4.18 Å². The van der Waals surface area contributed by atoms with Gasteiger partial charge >= 0.3 is 4.59 Å². The van der Waals surface area contributed by atoms with Crippen LogP contribution in [0.25, 0.3) is 0 Å². The summed E-state index contributed by atoms with van der Waals surface area (Å²) in [5, 5.41) is 0. The Morgan fingerprint density at radius 2 is 1.10 bits per heavy atom. The van der Waals surface area contributed by atoms with Crippen LogP contribution in [-0.2, 0) is 0 Å². The molecule has 5 heteroatoms. The maximum absolute atomic E-state index is 13.6. The second-order valence-electron chi connectivity index (χ2n) is 9.69. The highest BCUT2D eigenvalue weighted by Crippen LogP contribution is 2.49. The molecule has 30 heavy (non-hydrogen) atoms. The van der Waals surface area contributed by atoms with E-state index in [1.165, 1.54) is 87.3 Å². The van der Waals surface area contributed by atoms with E-state index < -0.39 is 4.59 Å². The average Bonchev–Trinajstić information content (AvgIpc) is 2.78. The van der Waals surface area contributed by atoms with Crippen LogP contribution in [0.4, 0.5) is 8.78 Å². The molecule has 1 aromatic rings. The van der Waals surface area contributed by atoms with Crippen molar-refractivity contribution in [2.45, 2.75) is 119 Å². The summed E-state index contributed by atoms with van der Waals surface area (Å²) in [5.74, 6) is 2.26. The van der Waals surface area contributed by atoms with Crippen LogP contribution in [0.3, 0.4) is 0 Å². The first-order chi connectivity index (χ1) is 14.5. The fourth-order valence-electron chi connectivity index (χ4n) is 5.99. The molecule has 1 nitrogen and oxygen atoms in total. The van der Waals surface area contributed by atoms with Crippen LogP contribution in [0, 0.1) is 0 Å². The molecular weight excluding hydrogens is 418 g/mol. The minimum atomic E-state index is -3.18. The van der Waals surface area contributed by atoms with E-state index in [-0.39, 0.29) is 12.0 Å². The summed E-state index contributed by atoms with van der Waals surface area (Å²) in [5.41, 5.74) is 3.87. The van der Waals surface area contributed by atoms with Crippen molar-refractivity contribution in [3.8, 4) is 5.75 Å². The summed E-state index contributed by atoms with van der Waals surface area (Å²) in [4.78, 5) is 0. The average molecular weight is 455 g/mol. The largest absolute Gasteiger partial charge is 0.418 e. The molecule has 3 aliphatic carbocycles. The lowest BCUT2D eigenvalue weighted by molar-refractivity contribution is 0.207. The fraction of sp³-hybridized carbons (Fsp3) is 0.760. The van der Waals surface area contributed by atoms with E-state index in [2.05, 4.69) is 24.8 Å². The number of hydrogen-bond donors (Lipinski definition) is 1. The molecule has 0 amide bonds. The molecule has 4 rings (SSSR count). The zero-order valence-electron chi connectivity index (χ0n) is 18.0. The molecule has 3 saturated carbocycles. The van der Waals surface area contributed by atoms with Crippen molar-refractivity contribution in [2.24, 2.45) is 0 Å². The molecule has 0 N–H and O–H groups in total. The number of hydrogen-bond acceptors (Lipinski definition) is 3. The molecule has 3 fully saturated rings. The SMILES string of the molecule is FC(F)(S)SOc1c(C2CCCCC2)cc(C2CCCCC2)cc1C1CCCCC1. The highest BCUT2D eigenvalue weighted by atomic mass is 32.2. The molecule has 0 bridgehead atoms. The zero-order valence-corrected chi connectivity index (χ0v) is 19.7. The van der Waals surface area contributed by atoms with Crippen molar-refractivity contribution < 1.29 is 13.0 Å². The van der Waals surface area contributed by atoms with Gasteiger partial charge in [-0.05, 0) is 73.0 Å². The monoisotopic (exact) mass is 454 g/mol. The highest BCUT2D eigenvalue weighted by molar-refractivity contribution is 8.08. The van der Waals surface area contributed by atoms with E-state index in [1.807, 2.05) is 0 Å². The molecule has 0 spiro atoms. The Balaban J connectivity index is 1.75. The Morgan fingerprint density at radius 3 is 1.50 bits per heavy atom. The van der Waals surface area contributed by atoms with Crippen molar-refractivity contribution in [1.82, 2.24) is 0 Å². The van der Waals surface area contributed by atoms with Crippen LogP contribution in [0.5, 0.6) is 5.75 Å². The number of thiol groups is 1. The van der Waals surface area contributed by atoms with Gasteiger partial charge < -0.3 is 4.18 Å². The van der Waals surface area contributed by atoms with Gasteiger partial charge in [0.15, 0.2) is 0 Å². The van der Waals surface area contributed by atoms with Gasteiger partial charge in [0, 0.05) is 0 Å². The molecule has 168 valence electrons. The van der Waals surface area contributed by atoms with E-state index >= 15 is 0 Å². The van der Waals surface area contributed by atoms with Gasteiger partial charge in [0.05, 0.1) is 0 Å². The Labute approximate surface area is 190 Å². The first kappa shape index (κ1) is 22.8. The first-order valence-electron chi connectivity index (χ1n) is 12.1. The lowest BCUT2D eigenvalue weighted by atomic mass is 9.75. The maximum Gasteiger partial charge on any atom is 0.373 e. The van der Waals surface area contributed by atoms with E-state index in [0.29, 0.717) is 17.8 Å². The summed E-state index contributed by atoms with van der Waals surface area (Å²) < 4.78 is 29.9. The van der Waals surface area contributed by atoms with E-state index in [4.69, 9.17) is 4.18 Å². The van der Waals surface area contributed by atoms with Crippen molar-refractivity contribution in [1.29, 1.82) is 0 Å². The van der Waals surface area contributed by atoms with Gasteiger partial charge in [0.2, 0.25) is 0 Å². The van der Waals surface area contributed by atoms with Crippen molar-refractivity contribution >= 4 is 24.7 Å². The molecule has 0 atom stereocenters. The van der Waals surface area contributed by atoms with Gasteiger partial charge in [-0.25, -0.2) is 0 Å². The molecule has 3 aliphatic rings. The third kappa shape index (κ3) is 5.88. The van der Waals surface area contributed by atoms with Crippen molar-refractivity contribution in [3.63, 3.8) is 0 Å². The van der Waals surface area contributed by atoms with Gasteiger partial charge in [0.25, 0.3) is 0 Å². The summed E-state index contributed by atoms with van der Waals surface area (Å²) in [6.45, 7) is 0. The number of alkyl halides is 2. The smallest absolute Gasteiger partial charge is 0.373 e. The highest BCUT2D eigenvalue weighted by Gasteiger charge is 2.32. The molecule has 0 saturated heterocycles. The van der Waals surface area contributed by atoms with E-state index in [0.717, 1.165) is 31.4 Å². The van der Waals surface area contributed by atoms with Gasteiger partial charge in [-0.3, -0.25) is 0 Å². The summed E-state index contributed by atoms with van der Waals surface area (Å²) in [6, 6.07) is 4.70. The zero-order chi connectivity index (χ0) is 21.0. The van der Waals surface area contributed by atoms with Crippen LogP contribution in [0.1, 0.15) is 131 Å². The normalized spacial score (nSPS) is 22.9. The maximum atomic E-state index is 13.6. The van der Waals surface area contributed by atoms with Gasteiger partial charge in [0.1, 0.15) is 17.8 Å². The van der Waals surface area contributed by atoms with Crippen molar-refractivity contribution in [3.05, 3.63) is 28.8 Å². The third-order valence-electron chi connectivity index (χ3n) is 7.56. The fourth-order valence-corrected chi connectivity index (χ4v) is 6.48. The predicted octanol–water partition coefficient (Wildman–Crippen LogP) is 9.34. The molecule has 0 unspecified atom stereocenters. The number of rotatable bonds is 6. The molecule has 0 aromatic heterocycles. The number of halogens is 2. The molecule has 0 radical (unpaired) electrons. The van der Waals surface area contributed by atoms with Crippen LogP contribution >= 0.6 is 24.7 Å². The molecule has 0 aliphatic heterocycles. The second-order valence-corrected chi connectivity index (χ2v) is 11.4. The quantitative estimate of drug-likeness (QED) is 0.260. The minimum absolute atomic E-state index is 0.215. The van der Waals surface area contributed by atoms with Crippen molar-refractivity contribution in [2.75, 3.05) is 0 Å². The van der Waals surface area contributed by atoms with Crippen LogP contribution in [0.2, 0.25) is 0 Å². The molecule has 1 aromatic carbocycles. The lowest BCUT2D eigenvalue weighted by Crippen LogP contribution is -2.14. The van der Waals surface area contributed by atoms with Crippen LogP contribution in [0.15, 0.2) is 12.1 Å². The minimum Gasteiger partial charge on any atom is -0.418 e. The Morgan fingerprint density at radius 1 is 0.700 bits per heavy atom. The molecule has 0 heterocycles. The van der Waals surface area contributed by atoms with Gasteiger partial charge in [-0.15, -0.1) is 0 Å². The van der Waals surface area contributed by atoms with E-state index in [1.54, 1.807) is 0 Å². The summed E-state index contributed by atoms with van der Waals surface area (Å²) in [7, 11) is 0. The molecular formula is C25H36F2OS2. The van der Waals surface area contributed by atoms with Gasteiger partial charge in [-0.2, -0.15) is 8.78 Å². The Hall–Kier alpha value is -0.420. The van der Waals surface area contributed by atoms with Gasteiger partial charge in [-0.1, -0.05) is 82.5 Å². The standard InChI is InChI=1S/C25H36F2OS2/c26-25(27,29)30-28-24-22(19-12-6-2-7-13-19)16-21(18-10-4-1-5-11-18)17-23(24)20-14-8-3-9-15-20/h16-20,29H,1-15H2. The first-order valence-corrected chi connectivity index (χ1v) is 13.3. The predicted molar refractivity (Wildman–Crippen MR) is 126 cm³/mol. The second kappa shape index (κ2) is 10.5. The topological polar surface area (TPSA) is 9.23 Å². The lowest BCUT2D eigenvalue weighted by Gasteiger charge is -2.32. The Bertz CT molecular complexity index is 646.